The Morgan fingerprint density at radius 3 is 2.63 bits per heavy atom. The lowest BCUT2D eigenvalue weighted by Gasteiger charge is -2.26. The second-order valence-corrected chi connectivity index (χ2v) is 8.63. The first-order valence-electron chi connectivity index (χ1n) is 10.7. The Labute approximate surface area is 178 Å². The van der Waals surface area contributed by atoms with Gasteiger partial charge in [0.1, 0.15) is 5.60 Å². The summed E-state index contributed by atoms with van der Waals surface area (Å²) in [5.74, 6) is -0.370. The average molecular weight is 422 g/mol. The van der Waals surface area contributed by atoms with E-state index in [4.69, 9.17) is 9.47 Å². The fourth-order valence-corrected chi connectivity index (χ4v) is 3.40. The first kappa shape index (κ1) is 23.9. The van der Waals surface area contributed by atoms with Crippen molar-refractivity contribution in [2.75, 3.05) is 13.2 Å². The number of imidazole rings is 1. The highest BCUT2D eigenvalue weighted by atomic mass is 16.6. The van der Waals surface area contributed by atoms with Gasteiger partial charge in [-0.25, -0.2) is 14.6 Å². The summed E-state index contributed by atoms with van der Waals surface area (Å²) in [6.45, 7) is 7.88. The van der Waals surface area contributed by atoms with E-state index in [1.54, 1.807) is 19.3 Å². The van der Waals surface area contributed by atoms with Crippen LogP contribution in [0.25, 0.3) is 6.08 Å². The summed E-state index contributed by atoms with van der Waals surface area (Å²) in [5.41, 5.74) is 0.673. The molecule has 8 heteroatoms. The highest BCUT2D eigenvalue weighted by Gasteiger charge is 2.21. The van der Waals surface area contributed by atoms with E-state index in [0.29, 0.717) is 43.3 Å². The van der Waals surface area contributed by atoms with Crippen LogP contribution in [-0.2, 0) is 14.3 Å². The molecule has 1 aromatic rings. The third-order valence-corrected chi connectivity index (χ3v) is 4.86. The Morgan fingerprint density at radius 2 is 2.00 bits per heavy atom. The fraction of sp³-hybridized carbons (Fsp3) is 0.682. The first-order chi connectivity index (χ1) is 14.2. The van der Waals surface area contributed by atoms with Crippen LogP contribution in [0, 0.1) is 0 Å². The van der Waals surface area contributed by atoms with Crippen LogP contribution in [0.15, 0.2) is 18.1 Å². The monoisotopic (exact) mass is 421 g/mol. The van der Waals surface area contributed by atoms with Crippen molar-refractivity contribution in [3.63, 3.8) is 0 Å². The van der Waals surface area contributed by atoms with E-state index in [9.17, 15) is 14.7 Å². The maximum atomic E-state index is 12.3. The highest BCUT2D eigenvalue weighted by molar-refractivity contribution is 5.93. The smallest absolute Gasteiger partial charge is 0.407 e. The molecule has 1 aliphatic carbocycles. The number of aromatic nitrogens is 2. The SMILES string of the molecule is CCOC(=O)/C(=C/c1cn(C2CCC(O)CC2)cn1)CCCNC(=O)OC(C)(C)C. The maximum Gasteiger partial charge on any atom is 0.407 e. The molecule has 1 aromatic heterocycles. The zero-order chi connectivity index (χ0) is 22.1. The Hall–Kier alpha value is -2.35. The lowest BCUT2D eigenvalue weighted by atomic mass is 9.93. The molecular formula is C22H35N3O5. The summed E-state index contributed by atoms with van der Waals surface area (Å²) in [6, 6.07) is 0.326. The maximum absolute atomic E-state index is 12.3. The van der Waals surface area contributed by atoms with Crippen LogP contribution in [0.3, 0.4) is 0 Å². The number of aliphatic hydroxyl groups is 1. The van der Waals surface area contributed by atoms with Crippen molar-refractivity contribution in [3.8, 4) is 0 Å². The second-order valence-electron chi connectivity index (χ2n) is 8.63. The lowest BCUT2D eigenvalue weighted by molar-refractivity contribution is -0.138. The first-order valence-corrected chi connectivity index (χ1v) is 10.7. The number of aliphatic hydroxyl groups excluding tert-OH is 1. The molecule has 2 N–H and O–H groups in total. The van der Waals surface area contributed by atoms with E-state index in [2.05, 4.69) is 14.9 Å². The molecule has 0 radical (unpaired) electrons. The summed E-state index contributed by atoms with van der Waals surface area (Å²) in [6.07, 6.45) is 9.25. The molecule has 0 atom stereocenters. The fourth-order valence-electron chi connectivity index (χ4n) is 3.40. The molecular weight excluding hydrogens is 386 g/mol. The highest BCUT2D eigenvalue weighted by Crippen LogP contribution is 2.28. The number of carbonyl (C=O) groups is 2. The third kappa shape index (κ3) is 8.18. The van der Waals surface area contributed by atoms with Crippen LogP contribution < -0.4 is 5.32 Å². The molecule has 1 fully saturated rings. The van der Waals surface area contributed by atoms with Crippen molar-refractivity contribution in [2.45, 2.75) is 84.0 Å². The van der Waals surface area contributed by atoms with E-state index in [1.165, 1.54) is 0 Å². The number of amides is 1. The molecule has 1 amide bonds. The van der Waals surface area contributed by atoms with Crippen molar-refractivity contribution < 1.29 is 24.2 Å². The number of hydrogen-bond acceptors (Lipinski definition) is 6. The van der Waals surface area contributed by atoms with E-state index in [0.717, 1.165) is 25.7 Å². The van der Waals surface area contributed by atoms with Gasteiger partial charge in [-0.3, -0.25) is 0 Å². The van der Waals surface area contributed by atoms with Crippen molar-refractivity contribution >= 4 is 18.1 Å². The molecule has 0 saturated heterocycles. The van der Waals surface area contributed by atoms with Gasteiger partial charge in [-0.1, -0.05) is 0 Å². The van der Waals surface area contributed by atoms with Crippen LogP contribution in [0.4, 0.5) is 4.79 Å². The Kier molecular flexibility index (Phi) is 8.89. The van der Waals surface area contributed by atoms with Gasteiger partial charge in [-0.2, -0.15) is 0 Å². The predicted octanol–water partition coefficient (Wildman–Crippen LogP) is 3.61. The summed E-state index contributed by atoms with van der Waals surface area (Å²) < 4.78 is 12.4. The van der Waals surface area contributed by atoms with Crippen molar-refractivity contribution in [3.05, 3.63) is 23.8 Å². The van der Waals surface area contributed by atoms with E-state index < -0.39 is 11.7 Å². The van der Waals surface area contributed by atoms with Gasteiger partial charge >= 0.3 is 12.1 Å². The minimum absolute atomic E-state index is 0.200. The predicted molar refractivity (Wildman–Crippen MR) is 114 cm³/mol. The molecule has 1 aliphatic rings. The molecule has 1 heterocycles. The number of nitrogens with one attached hydrogen (secondary N) is 1. The zero-order valence-electron chi connectivity index (χ0n) is 18.5. The molecule has 0 spiro atoms. The van der Waals surface area contributed by atoms with E-state index in [-0.39, 0.29) is 12.1 Å². The molecule has 2 rings (SSSR count). The zero-order valence-corrected chi connectivity index (χ0v) is 18.5. The molecule has 0 aromatic carbocycles. The number of ether oxygens (including phenoxy) is 2. The Balaban J connectivity index is 1.95. The van der Waals surface area contributed by atoms with E-state index in [1.807, 2.05) is 27.0 Å². The van der Waals surface area contributed by atoms with Crippen molar-refractivity contribution in [2.24, 2.45) is 0 Å². The number of carbonyl (C=O) groups excluding carboxylic acids is 2. The van der Waals surface area contributed by atoms with E-state index >= 15 is 0 Å². The number of hydrogen-bond donors (Lipinski definition) is 2. The average Bonchev–Trinajstić information content (AvgIpc) is 3.12. The number of esters is 1. The normalized spacial score (nSPS) is 20.0. The van der Waals surface area contributed by atoms with Gasteiger partial charge < -0.3 is 24.5 Å². The second kappa shape index (κ2) is 11.2. The Morgan fingerprint density at radius 1 is 1.30 bits per heavy atom. The molecule has 168 valence electrons. The molecule has 1 saturated carbocycles. The largest absolute Gasteiger partial charge is 0.463 e. The van der Waals surface area contributed by atoms with Gasteiger partial charge in [0.25, 0.3) is 0 Å². The van der Waals surface area contributed by atoms with Crippen LogP contribution in [0.1, 0.15) is 78.0 Å². The number of alkyl carbamates (subject to hydrolysis) is 1. The lowest BCUT2D eigenvalue weighted by Crippen LogP contribution is -2.33. The molecule has 0 unspecified atom stereocenters. The number of rotatable bonds is 8. The quantitative estimate of drug-likeness (QED) is 0.378. The summed E-state index contributed by atoms with van der Waals surface area (Å²) >= 11 is 0. The van der Waals surface area contributed by atoms with Crippen LogP contribution in [0.2, 0.25) is 0 Å². The van der Waals surface area contributed by atoms with Crippen molar-refractivity contribution in [1.82, 2.24) is 14.9 Å². The Bertz CT molecular complexity index is 727. The minimum atomic E-state index is -0.546. The molecule has 8 nitrogen and oxygen atoms in total. The van der Waals surface area contributed by atoms with Gasteiger partial charge in [-0.15, -0.1) is 0 Å². The van der Waals surface area contributed by atoms with Crippen LogP contribution >= 0.6 is 0 Å². The van der Waals surface area contributed by atoms with Crippen LogP contribution in [0.5, 0.6) is 0 Å². The number of nitrogens with zero attached hydrogens (tertiary/aromatic N) is 2. The van der Waals surface area contributed by atoms with Gasteiger partial charge in [0.05, 0.1) is 24.7 Å². The molecule has 0 aliphatic heterocycles. The van der Waals surface area contributed by atoms with Gasteiger partial charge in [0, 0.05) is 24.4 Å². The van der Waals surface area contributed by atoms with Gasteiger partial charge in [-0.05, 0) is 72.3 Å². The van der Waals surface area contributed by atoms with Gasteiger partial charge in [0.15, 0.2) is 0 Å². The third-order valence-electron chi connectivity index (χ3n) is 4.86. The van der Waals surface area contributed by atoms with Crippen LogP contribution in [-0.4, -0.2) is 51.6 Å². The molecule has 0 bridgehead atoms. The van der Waals surface area contributed by atoms with Gasteiger partial charge in [0.2, 0.25) is 0 Å². The van der Waals surface area contributed by atoms with Crippen molar-refractivity contribution in [1.29, 1.82) is 0 Å². The standard InChI is InChI=1S/C22H35N3O5/c1-5-29-20(27)16(7-6-12-23-21(28)30-22(2,3)4)13-17-14-25(15-24-17)18-8-10-19(26)11-9-18/h13-15,18-19,26H,5-12H2,1-4H3,(H,23,28)/b16-13+. The summed E-state index contributed by atoms with van der Waals surface area (Å²) in [4.78, 5) is 28.5. The topological polar surface area (TPSA) is 103 Å². The molecule has 30 heavy (non-hydrogen) atoms. The summed E-state index contributed by atoms with van der Waals surface area (Å²) in [7, 11) is 0. The summed E-state index contributed by atoms with van der Waals surface area (Å²) in [5, 5.41) is 12.4. The minimum Gasteiger partial charge on any atom is -0.463 e.